The first-order valence-corrected chi connectivity index (χ1v) is 3.33. The second-order valence-corrected chi connectivity index (χ2v) is 2.12. The average Bonchev–Trinajstić information content (AvgIpc) is 2.07. The fraction of sp³-hybridized carbons (Fsp3) is 1.00. The summed E-state index contributed by atoms with van der Waals surface area (Å²) in [6.45, 7) is 3.26. The monoisotopic (exact) mass is 165 g/mol. The van der Waals surface area contributed by atoms with Crippen molar-refractivity contribution in [1.29, 1.82) is 0 Å². The van der Waals surface area contributed by atoms with Crippen molar-refractivity contribution in [3.63, 3.8) is 0 Å². The maximum Gasteiger partial charge on any atom is 0.138 e. The lowest BCUT2D eigenvalue weighted by Crippen LogP contribution is -2.37. The molecule has 1 rings (SSSR count). The van der Waals surface area contributed by atoms with Crippen molar-refractivity contribution in [2.45, 2.75) is 0 Å². The van der Waals surface area contributed by atoms with E-state index in [1.54, 1.807) is 0 Å². The molecule has 0 aliphatic carbocycles. The highest BCUT2D eigenvalue weighted by Gasteiger charge is 2.09. The van der Waals surface area contributed by atoms with Gasteiger partial charge in [-0.15, -0.1) is 0 Å². The Morgan fingerprint density at radius 1 is 1.36 bits per heavy atom. The Hall–Kier alpha value is -0.240. The number of hydrogen-bond acceptors (Lipinski definition) is 6. The molecular formula is C5H11NO5. The van der Waals surface area contributed by atoms with E-state index in [-0.39, 0.29) is 6.73 Å². The molecule has 6 nitrogen and oxygen atoms in total. The molecule has 0 amide bonds. The summed E-state index contributed by atoms with van der Waals surface area (Å²) in [7, 11) is 0. The zero-order valence-corrected chi connectivity index (χ0v) is 6.06. The summed E-state index contributed by atoms with van der Waals surface area (Å²) in [6, 6.07) is 0. The van der Waals surface area contributed by atoms with Crippen molar-refractivity contribution in [2.75, 3.05) is 33.0 Å². The third-order valence-electron chi connectivity index (χ3n) is 1.42. The van der Waals surface area contributed by atoms with Crippen LogP contribution in [0.2, 0.25) is 0 Å². The molecule has 0 unspecified atom stereocenters. The van der Waals surface area contributed by atoms with Gasteiger partial charge in [-0.3, -0.25) is 4.90 Å². The van der Waals surface area contributed by atoms with Crippen LogP contribution in [0.15, 0.2) is 0 Å². The van der Waals surface area contributed by atoms with Gasteiger partial charge in [0.15, 0.2) is 0 Å². The molecule has 6 heteroatoms. The molecule has 0 saturated carbocycles. The van der Waals surface area contributed by atoms with E-state index in [1.807, 2.05) is 4.90 Å². The smallest absolute Gasteiger partial charge is 0.138 e. The Labute approximate surface area is 64.0 Å². The summed E-state index contributed by atoms with van der Waals surface area (Å²) in [5.74, 6) is 0. The third-order valence-corrected chi connectivity index (χ3v) is 1.42. The molecule has 1 saturated heterocycles. The number of hydrogen-bond donors (Lipinski definition) is 1. The van der Waals surface area contributed by atoms with E-state index >= 15 is 0 Å². The van der Waals surface area contributed by atoms with Crippen LogP contribution in [0.5, 0.6) is 0 Å². The fourth-order valence-corrected chi connectivity index (χ4v) is 0.848. The molecular weight excluding hydrogens is 154 g/mol. The van der Waals surface area contributed by atoms with E-state index in [9.17, 15) is 0 Å². The zero-order valence-electron chi connectivity index (χ0n) is 6.06. The first-order valence-electron chi connectivity index (χ1n) is 3.33. The standard InChI is InChI=1S/C5H11NO5/c7-10-11-9-5-6-1-3-8-4-2-6/h7H,1-5H2. The highest BCUT2D eigenvalue weighted by Crippen LogP contribution is 1.96. The van der Waals surface area contributed by atoms with Crippen LogP contribution >= 0.6 is 0 Å². The zero-order chi connectivity index (χ0) is 7.94. The third kappa shape index (κ3) is 3.61. The minimum absolute atomic E-state index is 0.268. The van der Waals surface area contributed by atoms with E-state index in [1.165, 1.54) is 0 Å². The van der Waals surface area contributed by atoms with Gasteiger partial charge in [-0.25, -0.2) is 5.26 Å². The second-order valence-electron chi connectivity index (χ2n) is 2.12. The quantitative estimate of drug-likeness (QED) is 0.348. The van der Waals surface area contributed by atoms with Crippen LogP contribution in [-0.2, 0) is 19.7 Å². The molecule has 1 aliphatic heterocycles. The van der Waals surface area contributed by atoms with Crippen LogP contribution in [0.1, 0.15) is 0 Å². The SMILES string of the molecule is OOOOCN1CCOCC1. The summed E-state index contributed by atoms with van der Waals surface area (Å²) in [4.78, 5) is 6.38. The molecule has 0 spiro atoms. The molecule has 0 aromatic carbocycles. The molecule has 1 heterocycles. The highest BCUT2D eigenvalue weighted by atomic mass is 17.6. The lowest BCUT2D eigenvalue weighted by Gasteiger charge is -2.24. The normalized spacial score (nSPS) is 20.5. The lowest BCUT2D eigenvalue weighted by atomic mass is 10.5. The van der Waals surface area contributed by atoms with E-state index in [2.05, 4.69) is 15.0 Å². The minimum Gasteiger partial charge on any atom is -0.379 e. The van der Waals surface area contributed by atoms with Crippen molar-refractivity contribution in [2.24, 2.45) is 0 Å². The molecule has 0 atom stereocenters. The fourth-order valence-electron chi connectivity index (χ4n) is 0.848. The predicted molar refractivity (Wildman–Crippen MR) is 33.1 cm³/mol. The summed E-state index contributed by atoms with van der Waals surface area (Å²) in [5, 5.41) is 14.8. The Morgan fingerprint density at radius 3 is 2.73 bits per heavy atom. The van der Waals surface area contributed by atoms with Crippen LogP contribution in [-0.4, -0.2) is 43.2 Å². The molecule has 66 valence electrons. The van der Waals surface area contributed by atoms with E-state index in [4.69, 9.17) is 9.99 Å². The van der Waals surface area contributed by atoms with Crippen molar-refractivity contribution < 1.29 is 25.0 Å². The largest absolute Gasteiger partial charge is 0.379 e. The Bertz CT molecular complexity index is 94.9. The highest BCUT2D eigenvalue weighted by molar-refractivity contribution is 4.56. The molecule has 1 N–H and O–H groups in total. The van der Waals surface area contributed by atoms with Crippen LogP contribution in [0, 0.1) is 0 Å². The molecule has 1 aliphatic rings. The van der Waals surface area contributed by atoms with Gasteiger partial charge >= 0.3 is 0 Å². The van der Waals surface area contributed by atoms with Crippen LogP contribution in [0.25, 0.3) is 0 Å². The van der Waals surface area contributed by atoms with Gasteiger partial charge in [0, 0.05) is 13.1 Å². The molecule has 11 heavy (non-hydrogen) atoms. The van der Waals surface area contributed by atoms with E-state index in [0.29, 0.717) is 13.2 Å². The Balaban J connectivity index is 1.96. The van der Waals surface area contributed by atoms with Crippen LogP contribution in [0.3, 0.4) is 0 Å². The lowest BCUT2D eigenvalue weighted by molar-refractivity contribution is -0.627. The first-order chi connectivity index (χ1) is 5.43. The maximum atomic E-state index is 7.71. The van der Waals surface area contributed by atoms with Gasteiger partial charge in [-0.1, -0.05) is 0 Å². The maximum absolute atomic E-state index is 7.71. The summed E-state index contributed by atoms with van der Waals surface area (Å²) < 4.78 is 5.09. The molecule has 0 aromatic rings. The predicted octanol–water partition coefficient (Wildman–Crippen LogP) is -0.371. The van der Waals surface area contributed by atoms with Gasteiger partial charge < -0.3 is 4.74 Å². The molecule has 0 bridgehead atoms. The van der Waals surface area contributed by atoms with Gasteiger partial charge in [0.25, 0.3) is 0 Å². The molecule has 0 aromatic heterocycles. The summed E-state index contributed by atoms with van der Waals surface area (Å²) >= 11 is 0. The number of ether oxygens (including phenoxy) is 1. The van der Waals surface area contributed by atoms with E-state index in [0.717, 1.165) is 13.1 Å². The summed E-state index contributed by atoms with van der Waals surface area (Å²) in [6.07, 6.45) is 0. The Morgan fingerprint density at radius 2 is 2.09 bits per heavy atom. The van der Waals surface area contributed by atoms with Crippen molar-refractivity contribution >= 4 is 0 Å². The number of morpholine rings is 1. The van der Waals surface area contributed by atoms with Gasteiger partial charge in [-0.05, 0) is 10.1 Å². The van der Waals surface area contributed by atoms with Gasteiger partial charge in [-0.2, -0.15) is 4.89 Å². The van der Waals surface area contributed by atoms with Gasteiger partial charge in [0.2, 0.25) is 0 Å². The second kappa shape index (κ2) is 5.42. The van der Waals surface area contributed by atoms with Gasteiger partial charge in [0.05, 0.1) is 13.2 Å². The average molecular weight is 165 g/mol. The topological polar surface area (TPSA) is 60.4 Å². The molecule has 1 fully saturated rings. The van der Waals surface area contributed by atoms with Crippen molar-refractivity contribution in [3.05, 3.63) is 0 Å². The Kier molecular flexibility index (Phi) is 4.36. The van der Waals surface area contributed by atoms with Crippen LogP contribution in [0.4, 0.5) is 0 Å². The van der Waals surface area contributed by atoms with E-state index < -0.39 is 0 Å². The van der Waals surface area contributed by atoms with Crippen molar-refractivity contribution in [1.82, 2.24) is 4.90 Å². The summed E-state index contributed by atoms with van der Waals surface area (Å²) in [5.41, 5.74) is 0. The number of rotatable bonds is 4. The molecule has 0 radical (unpaired) electrons. The van der Waals surface area contributed by atoms with Crippen LogP contribution < -0.4 is 0 Å². The van der Waals surface area contributed by atoms with Gasteiger partial charge in [0.1, 0.15) is 6.73 Å². The minimum atomic E-state index is 0.268. The number of nitrogens with zero attached hydrogens (tertiary/aromatic N) is 1. The van der Waals surface area contributed by atoms with Crippen molar-refractivity contribution in [3.8, 4) is 0 Å². The first kappa shape index (κ1) is 8.85.